The summed E-state index contributed by atoms with van der Waals surface area (Å²) in [6.07, 6.45) is 2.75. The third kappa shape index (κ3) is 2.91. The van der Waals surface area contributed by atoms with Gasteiger partial charge in [0, 0.05) is 30.3 Å². The number of aliphatic hydroxyl groups is 1. The Kier molecular flexibility index (Phi) is 4.26. The fraction of sp³-hybridized carbons (Fsp3) is 0.417. The van der Waals surface area contributed by atoms with Crippen LogP contribution >= 0.6 is 0 Å². The Balaban J connectivity index is 1.40. The second kappa shape index (κ2) is 6.86. The average Bonchev–Trinajstić information content (AvgIpc) is 3.50. The molecular formula is C24H26N4O4. The minimum absolute atomic E-state index is 0.380. The summed E-state index contributed by atoms with van der Waals surface area (Å²) in [4.78, 5) is 8.76. The fourth-order valence-electron chi connectivity index (χ4n) is 5.04. The molecule has 0 radical (unpaired) electrons. The van der Waals surface area contributed by atoms with Gasteiger partial charge in [0.05, 0.1) is 5.69 Å². The van der Waals surface area contributed by atoms with Crippen LogP contribution in [0.25, 0.3) is 21.9 Å². The van der Waals surface area contributed by atoms with Crippen LogP contribution < -0.4 is 0 Å². The van der Waals surface area contributed by atoms with E-state index in [0.29, 0.717) is 0 Å². The standard InChI is InChI=1S/C24H26N4O4/c1-13-16-8-10-28(22(16)26-12-25-13)23-21-20(31-24(2,3)32-21)19(30-23)18(29)15-6-5-14-7-9-27(4)17(14)11-15/h5-12,18-21,23,29H,1-4H3/t18-,19-,20-,21-,23-/m1/s1. The molecule has 3 aromatic heterocycles. The smallest absolute Gasteiger partial charge is 0.164 e. The molecule has 6 rings (SSSR count). The number of hydrogen-bond donors (Lipinski definition) is 1. The highest BCUT2D eigenvalue weighted by atomic mass is 16.8. The van der Waals surface area contributed by atoms with Crippen molar-refractivity contribution in [1.82, 2.24) is 19.1 Å². The molecule has 0 amide bonds. The molecule has 166 valence electrons. The van der Waals surface area contributed by atoms with Crippen LogP contribution in [0.2, 0.25) is 0 Å². The van der Waals surface area contributed by atoms with Crippen LogP contribution in [0.5, 0.6) is 0 Å². The van der Waals surface area contributed by atoms with Gasteiger partial charge >= 0.3 is 0 Å². The molecule has 1 N–H and O–H groups in total. The molecule has 0 saturated carbocycles. The first-order chi connectivity index (χ1) is 15.3. The van der Waals surface area contributed by atoms with Crippen molar-refractivity contribution in [2.75, 3.05) is 0 Å². The van der Waals surface area contributed by atoms with Crippen molar-refractivity contribution in [2.24, 2.45) is 7.05 Å². The fourth-order valence-corrected chi connectivity index (χ4v) is 5.04. The van der Waals surface area contributed by atoms with Gasteiger partial charge < -0.3 is 28.5 Å². The summed E-state index contributed by atoms with van der Waals surface area (Å²) >= 11 is 0. The van der Waals surface area contributed by atoms with Gasteiger partial charge in [0.15, 0.2) is 12.0 Å². The Morgan fingerprint density at radius 1 is 1.06 bits per heavy atom. The quantitative estimate of drug-likeness (QED) is 0.532. The van der Waals surface area contributed by atoms with E-state index in [1.807, 2.05) is 73.6 Å². The summed E-state index contributed by atoms with van der Waals surface area (Å²) in [5.74, 6) is -0.773. The highest BCUT2D eigenvalue weighted by Gasteiger charge is 2.58. The highest BCUT2D eigenvalue weighted by Crippen LogP contribution is 2.47. The largest absolute Gasteiger partial charge is 0.386 e. The van der Waals surface area contributed by atoms with Crippen molar-refractivity contribution >= 4 is 21.9 Å². The average molecular weight is 434 g/mol. The molecule has 2 aliphatic rings. The number of aromatic nitrogens is 4. The molecule has 2 fully saturated rings. The summed E-state index contributed by atoms with van der Waals surface area (Å²) < 4.78 is 22.9. The number of benzene rings is 1. The first-order valence-electron chi connectivity index (χ1n) is 10.8. The molecule has 4 aromatic rings. The maximum atomic E-state index is 11.4. The molecule has 2 saturated heterocycles. The number of aryl methyl sites for hydroxylation is 2. The molecule has 0 unspecified atom stereocenters. The Morgan fingerprint density at radius 2 is 1.88 bits per heavy atom. The predicted molar refractivity (Wildman–Crippen MR) is 118 cm³/mol. The molecule has 5 atom stereocenters. The second-order valence-electron chi connectivity index (χ2n) is 9.17. The van der Waals surface area contributed by atoms with Crippen LogP contribution in [0.4, 0.5) is 0 Å². The van der Waals surface area contributed by atoms with Gasteiger partial charge in [0.25, 0.3) is 0 Å². The molecule has 8 heteroatoms. The first-order valence-corrected chi connectivity index (χ1v) is 10.8. The van der Waals surface area contributed by atoms with E-state index in [9.17, 15) is 5.11 Å². The molecular weight excluding hydrogens is 408 g/mol. The predicted octanol–water partition coefficient (Wildman–Crippen LogP) is 3.38. The van der Waals surface area contributed by atoms with Crippen LogP contribution in [0, 0.1) is 6.92 Å². The lowest BCUT2D eigenvalue weighted by Crippen LogP contribution is -2.34. The number of rotatable bonds is 3. The van der Waals surface area contributed by atoms with Crippen molar-refractivity contribution in [3.63, 3.8) is 0 Å². The SMILES string of the molecule is Cc1ncnc2c1ccn2[C@@H]1O[C@H]([C@H](O)c2ccc3ccn(C)c3c2)[C@H]2OC(C)(C)O[C@H]21. The van der Waals surface area contributed by atoms with Crippen LogP contribution in [0.3, 0.4) is 0 Å². The molecule has 8 nitrogen and oxygen atoms in total. The van der Waals surface area contributed by atoms with E-state index in [4.69, 9.17) is 14.2 Å². The summed E-state index contributed by atoms with van der Waals surface area (Å²) in [6, 6.07) is 10.0. The van der Waals surface area contributed by atoms with E-state index in [0.717, 1.165) is 33.2 Å². The zero-order valence-corrected chi connectivity index (χ0v) is 18.5. The highest BCUT2D eigenvalue weighted by molar-refractivity contribution is 5.81. The zero-order chi connectivity index (χ0) is 22.2. The van der Waals surface area contributed by atoms with E-state index in [2.05, 4.69) is 16.0 Å². The third-order valence-electron chi connectivity index (χ3n) is 6.61. The van der Waals surface area contributed by atoms with Gasteiger partial charge in [0.1, 0.15) is 36.4 Å². The number of ether oxygens (including phenoxy) is 3. The zero-order valence-electron chi connectivity index (χ0n) is 18.5. The molecule has 0 aliphatic carbocycles. The van der Waals surface area contributed by atoms with Crippen molar-refractivity contribution < 1.29 is 19.3 Å². The number of aliphatic hydroxyl groups excluding tert-OH is 1. The minimum atomic E-state index is -0.873. The van der Waals surface area contributed by atoms with Crippen LogP contribution in [-0.4, -0.2) is 48.3 Å². The van der Waals surface area contributed by atoms with Gasteiger partial charge in [-0.25, -0.2) is 9.97 Å². The lowest BCUT2D eigenvalue weighted by Gasteiger charge is -2.27. The topological polar surface area (TPSA) is 83.6 Å². The van der Waals surface area contributed by atoms with Crippen molar-refractivity contribution in [2.45, 2.75) is 57.2 Å². The van der Waals surface area contributed by atoms with Gasteiger partial charge in [-0.15, -0.1) is 0 Å². The van der Waals surface area contributed by atoms with E-state index in [1.54, 1.807) is 6.33 Å². The van der Waals surface area contributed by atoms with Crippen molar-refractivity contribution in [3.8, 4) is 0 Å². The number of hydrogen-bond acceptors (Lipinski definition) is 6. The van der Waals surface area contributed by atoms with E-state index in [1.165, 1.54) is 0 Å². The molecule has 32 heavy (non-hydrogen) atoms. The lowest BCUT2D eigenvalue weighted by atomic mass is 9.98. The van der Waals surface area contributed by atoms with Gasteiger partial charge in [0.2, 0.25) is 0 Å². The Bertz CT molecular complexity index is 1330. The summed E-state index contributed by atoms with van der Waals surface area (Å²) in [5.41, 5.74) is 3.52. The summed E-state index contributed by atoms with van der Waals surface area (Å²) in [6.45, 7) is 5.74. The molecule has 0 spiro atoms. The second-order valence-corrected chi connectivity index (χ2v) is 9.17. The first kappa shape index (κ1) is 19.9. The Morgan fingerprint density at radius 3 is 2.72 bits per heavy atom. The van der Waals surface area contributed by atoms with Crippen molar-refractivity contribution in [3.05, 3.63) is 60.3 Å². The van der Waals surface area contributed by atoms with Crippen LogP contribution in [-0.2, 0) is 21.3 Å². The monoisotopic (exact) mass is 434 g/mol. The van der Waals surface area contributed by atoms with Gasteiger partial charge in [-0.05, 0) is 49.9 Å². The molecule has 0 bridgehead atoms. The molecule has 5 heterocycles. The van der Waals surface area contributed by atoms with E-state index >= 15 is 0 Å². The van der Waals surface area contributed by atoms with E-state index in [-0.39, 0.29) is 6.10 Å². The van der Waals surface area contributed by atoms with Crippen LogP contribution in [0.1, 0.15) is 37.4 Å². The third-order valence-corrected chi connectivity index (χ3v) is 6.61. The van der Waals surface area contributed by atoms with Gasteiger partial charge in [-0.1, -0.05) is 12.1 Å². The van der Waals surface area contributed by atoms with Crippen molar-refractivity contribution in [1.29, 1.82) is 0 Å². The molecule has 1 aromatic carbocycles. The number of nitrogens with zero attached hydrogens (tertiary/aromatic N) is 4. The van der Waals surface area contributed by atoms with E-state index < -0.39 is 30.3 Å². The van der Waals surface area contributed by atoms with Crippen LogP contribution in [0.15, 0.2) is 49.1 Å². The maximum absolute atomic E-state index is 11.4. The maximum Gasteiger partial charge on any atom is 0.164 e. The number of fused-ring (bicyclic) bond motifs is 3. The summed E-state index contributed by atoms with van der Waals surface area (Å²) in [5, 5.41) is 13.5. The lowest BCUT2D eigenvalue weighted by molar-refractivity contribution is -0.207. The Hall–Kier alpha value is -2.78. The molecule has 2 aliphatic heterocycles. The minimum Gasteiger partial charge on any atom is -0.386 e. The Labute approximate surface area is 185 Å². The van der Waals surface area contributed by atoms with Gasteiger partial charge in [-0.2, -0.15) is 0 Å². The summed E-state index contributed by atoms with van der Waals surface area (Å²) in [7, 11) is 1.99. The van der Waals surface area contributed by atoms with Gasteiger partial charge in [-0.3, -0.25) is 0 Å². The normalized spacial score (nSPS) is 27.9.